The zero-order valence-electron chi connectivity index (χ0n) is 20.5. The van der Waals surface area contributed by atoms with Gasteiger partial charge in [-0.15, -0.1) is 0 Å². The van der Waals surface area contributed by atoms with Crippen molar-refractivity contribution in [2.45, 2.75) is 58.7 Å². The van der Waals surface area contributed by atoms with Gasteiger partial charge in [-0.25, -0.2) is 0 Å². The molecule has 0 spiro atoms. The zero-order chi connectivity index (χ0) is 24.5. The molecule has 34 heavy (non-hydrogen) atoms. The van der Waals surface area contributed by atoms with E-state index in [1.54, 1.807) is 12.3 Å². The van der Waals surface area contributed by atoms with E-state index in [0.717, 1.165) is 29.6 Å². The Bertz CT molecular complexity index is 1160. The molecule has 7 heteroatoms. The molecule has 6 nitrogen and oxygen atoms in total. The van der Waals surface area contributed by atoms with Crippen LogP contribution in [0.4, 0.5) is 11.4 Å². The van der Waals surface area contributed by atoms with Crippen molar-refractivity contribution in [3.05, 3.63) is 71.9 Å². The molecule has 0 radical (unpaired) electrons. The van der Waals surface area contributed by atoms with E-state index < -0.39 is 18.3 Å². The van der Waals surface area contributed by atoms with Gasteiger partial charge in [0.15, 0.2) is 0 Å². The number of pyridine rings is 1. The van der Waals surface area contributed by atoms with E-state index in [4.69, 9.17) is 15.0 Å². The summed E-state index contributed by atoms with van der Waals surface area (Å²) >= 11 is 0. The van der Waals surface area contributed by atoms with Crippen molar-refractivity contribution in [1.29, 1.82) is 0 Å². The Morgan fingerprint density at radius 3 is 2.26 bits per heavy atom. The molecule has 1 saturated heterocycles. The Kier molecular flexibility index (Phi) is 6.52. The van der Waals surface area contributed by atoms with E-state index >= 15 is 0 Å². The largest absolute Gasteiger partial charge is 0.496 e. The Hall–Kier alpha value is -3.16. The van der Waals surface area contributed by atoms with Crippen LogP contribution in [0.5, 0.6) is 0 Å². The second-order valence-electron chi connectivity index (χ2n) is 9.77. The van der Waals surface area contributed by atoms with Crippen LogP contribution < -0.4 is 16.5 Å². The Morgan fingerprint density at radius 2 is 1.68 bits per heavy atom. The van der Waals surface area contributed by atoms with Gasteiger partial charge in [-0.2, -0.15) is 0 Å². The average molecular weight is 457 g/mol. The Labute approximate surface area is 202 Å². The van der Waals surface area contributed by atoms with E-state index in [2.05, 4.69) is 17.2 Å². The normalized spacial score (nSPS) is 16.4. The maximum Gasteiger partial charge on any atom is 0.496 e. The predicted molar refractivity (Wildman–Crippen MR) is 138 cm³/mol. The molecule has 0 unspecified atom stereocenters. The molecule has 0 atom stereocenters. The molecule has 0 bridgehead atoms. The van der Waals surface area contributed by atoms with Crippen molar-refractivity contribution >= 4 is 29.9 Å². The van der Waals surface area contributed by atoms with Crippen molar-refractivity contribution in [2.75, 3.05) is 11.1 Å². The van der Waals surface area contributed by atoms with Crippen LogP contribution in [0.3, 0.4) is 0 Å². The number of aromatic nitrogens is 1. The molecule has 2 aromatic carbocycles. The standard InChI is InChI=1S/C27H32BN3O3/c1-6-7-18-8-10-19(11-9-18)25(32)31-24-16-20(12-14-22(24)29)23-15-13-21(17-30-23)28-33-26(2,3)27(4,5)34-28/h8-17H,6-7,29H2,1-5H3,(H,31,32). The highest BCUT2D eigenvalue weighted by Crippen LogP contribution is 2.36. The molecule has 1 aliphatic rings. The molecule has 2 heterocycles. The summed E-state index contributed by atoms with van der Waals surface area (Å²) in [7, 11) is -0.462. The van der Waals surface area contributed by atoms with Gasteiger partial charge in [0.2, 0.25) is 0 Å². The fourth-order valence-electron chi connectivity index (χ4n) is 3.82. The number of aryl methyl sites for hydroxylation is 1. The van der Waals surface area contributed by atoms with Gasteiger partial charge in [0.05, 0.1) is 28.3 Å². The van der Waals surface area contributed by atoms with Crippen molar-refractivity contribution < 1.29 is 14.1 Å². The van der Waals surface area contributed by atoms with E-state index in [1.807, 2.05) is 76.2 Å². The number of carbonyl (C=O) groups is 1. The Balaban J connectivity index is 1.50. The van der Waals surface area contributed by atoms with Crippen LogP contribution in [0.15, 0.2) is 60.8 Å². The number of anilines is 2. The van der Waals surface area contributed by atoms with Gasteiger partial charge in [0.1, 0.15) is 0 Å². The number of nitrogen functional groups attached to an aromatic ring is 1. The minimum absolute atomic E-state index is 0.198. The third kappa shape index (κ3) is 4.86. The first kappa shape index (κ1) is 24.0. The van der Waals surface area contributed by atoms with Crippen LogP contribution in [-0.2, 0) is 15.7 Å². The first-order valence-electron chi connectivity index (χ1n) is 11.7. The monoisotopic (exact) mass is 457 g/mol. The van der Waals surface area contributed by atoms with Gasteiger partial charge >= 0.3 is 7.12 Å². The Morgan fingerprint density at radius 1 is 1.00 bits per heavy atom. The van der Waals surface area contributed by atoms with Gasteiger partial charge in [0, 0.05) is 22.8 Å². The van der Waals surface area contributed by atoms with Crippen LogP contribution in [0.1, 0.15) is 57.0 Å². The van der Waals surface area contributed by atoms with Crippen LogP contribution in [0.2, 0.25) is 0 Å². The smallest absolute Gasteiger partial charge is 0.399 e. The van der Waals surface area contributed by atoms with E-state index in [9.17, 15) is 4.79 Å². The second kappa shape index (κ2) is 9.24. The highest BCUT2D eigenvalue weighted by atomic mass is 16.7. The average Bonchev–Trinajstić information content (AvgIpc) is 3.03. The molecule has 0 aliphatic carbocycles. The number of nitrogens with zero attached hydrogens (tertiary/aromatic N) is 1. The van der Waals surface area contributed by atoms with Crippen molar-refractivity contribution in [2.24, 2.45) is 0 Å². The number of nitrogens with two attached hydrogens (primary N) is 1. The summed E-state index contributed by atoms with van der Waals surface area (Å²) in [5.41, 5.74) is 10.7. The quantitative estimate of drug-likeness (QED) is 0.409. The number of nitrogens with one attached hydrogen (secondary N) is 1. The molecule has 1 aliphatic heterocycles. The van der Waals surface area contributed by atoms with E-state index in [1.165, 1.54) is 5.56 Å². The molecular weight excluding hydrogens is 425 g/mol. The molecule has 1 fully saturated rings. The SMILES string of the molecule is CCCc1ccc(C(=O)Nc2cc(-c3ccc(B4OC(C)(C)C(C)(C)O4)cn3)ccc2N)cc1. The number of rotatable bonds is 6. The molecule has 4 rings (SSSR count). The van der Waals surface area contributed by atoms with Gasteiger partial charge in [-0.1, -0.05) is 37.6 Å². The highest BCUT2D eigenvalue weighted by molar-refractivity contribution is 6.62. The van der Waals surface area contributed by atoms with Crippen LogP contribution in [0.25, 0.3) is 11.3 Å². The third-order valence-corrected chi connectivity index (χ3v) is 6.66. The topological polar surface area (TPSA) is 86.5 Å². The van der Waals surface area contributed by atoms with Gasteiger partial charge in [0.25, 0.3) is 5.91 Å². The van der Waals surface area contributed by atoms with Crippen LogP contribution >= 0.6 is 0 Å². The van der Waals surface area contributed by atoms with Gasteiger partial charge in [-0.05, 0) is 70.0 Å². The van der Waals surface area contributed by atoms with Crippen molar-refractivity contribution in [1.82, 2.24) is 4.98 Å². The lowest BCUT2D eigenvalue weighted by Gasteiger charge is -2.32. The summed E-state index contributed by atoms with van der Waals surface area (Å²) in [6.45, 7) is 10.2. The van der Waals surface area contributed by atoms with Gasteiger partial charge in [-0.3, -0.25) is 9.78 Å². The molecule has 3 aromatic rings. The summed E-state index contributed by atoms with van der Waals surface area (Å²) in [6, 6.07) is 17.1. The van der Waals surface area contributed by atoms with Crippen LogP contribution in [-0.4, -0.2) is 29.2 Å². The molecule has 3 N–H and O–H groups in total. The lowest BCUT2D eigenvalue weighted by Crippen LogP contribution is -2.41. The molecule has 0 saturated carbocycles. The van der Waals surface area contributed by atoms with E-state index in [-0.39, 0.29) is 5.91 Å². The minimum Gasteiger partial charge on any atom is -0.399 e. The fourth-order valence-corrected chi connectivity index (χ4v) is 3.82. The zero-order valence-corrected chi connectivity index (χ0v) is 20.5. The summed E-state index contributed by atoms with van der Waals surface area (Å²) in [5, 5.41) is 2.93. The van der Waals surface area contributed by atoms with Gasteiger partial charge < -0.3 is 20.4 Å². The lowest BCUT2D eigenvalue weighted by atomic mass is 9.80. The highest BCUT2D eigenvalue weighted by Gasteiger charge is 2.51. The number of carbonyl (C=O) groups excluding carboxylic acids is 1. The summed E-state index contributed by atoms with van der Waals surface area (Å²) in [5.74, 6) is -0.198. The first-order valence-corrected chi connectivity index (χ1v) is 11.7. The third-order valence-electron chi connectivity index (χ3n) is 6.66. The number of hydrogen-bond donors (Lipinski definition) is 2. The number of hydrogen-bond acceptors (Lipinski definition) is 5. The first-order chi connectivity index (χ1) is 16.1. The maximum atomic E-state index is 12.8. The molecule has 1 aromatic heterocycles. The molecule has 1 amide bonds. The summed E-state index contributed by atoms with van der Waals surface area (Å²) in [6.07, 6.45) is 3.84. The van der Waals surface area contributed by atoms with Crippen LogP contribution in [0, 0.1) is 0 Å². The van der Waals surface area contributed by atoms with Crippen molar-refractivity contribution in [3.8, 4) is 11.3 Å². The molecular formula is C27H32BN3O3. The predicted octanol–water partition coefficient (Wildman–Crippen LogP) is 4.83. The van der Waals surface area contributed by atoms with Crippen molar-refractivity contribution in [3.63, 3.8) is 0 Å². The maximum absolute atomic E-state index is 12.8. The second-order valence-corrected chi connectivity index (χ2v) is 9.77. The lowest BCUT2D eigenvalue weighted by molar-refractivity contribution is 0.00578. The molecule has 176 valence electrons. The minimum atomic E-state index is -0.462. The summed E-state index contributed by atoms with van der Waals surface area (Å²) in [4.78, 5) is 17.4. The summed E-state index contributed by atoms with van der Waals surface area (Å²) < 4.78 is 12.2. The van der Waals surface area contributed by atoms with E-state index in [0.29, 0.717) is 16.9 Å². The number of benzene rings is 2. The fraction of sp³-hybridized carbons (Fsp3) is 0.333. The number of amides is 1.